The molecule has 0 unspecified atom stereocenters. The molecule has 76 valence electrons. The molecule has 0 saturated heterocycles. The smallest absolute Gasteiger partial charge is 0.178 e. The maximum absolute atomic E-state index is 11.4. The molecule has 0 aliphatic carbocycles. The molecule has 0 amide bonds. The Kier molecular flexibility index (Phi) is 4.24. The average molecular weight is 334 g/mol. The lowest BCUT2D eigenvalue weighted by Gasteiger charge is -2.03. The first kappa shape index (κ1) is 12.1. The molecule has 0 saturated carbocycles. The van der Waals surface area contributed by atoms with Crippen LogP contribution in [-0.2, 0) is 0 Å². The predicted molar refractivity (Wildman–Crippen MR) is 64.3 cm³/mol. The van der Waals surface area contributed by atoms with Crippen molar-refractivity contribution in [3.8, 4) is 6.07 Å². The second-order valence-corrected chi connectivity index (χ2v) is 4.14. The fraction of sp³-hybridized carbons (Fsp3) is 0.100. The number of nitrogens with zero attached hydrogens (tertiary/aromatic N) is 1. The van der Waals surface area contributed by atoms with Crippen molar-refractivity contribution >= 4 is 46.3 Å². The number of hydrogen-bond acceptors (Lipinski definition) is 3. The maximum Gasteiger partial charge on any atom is 0.178 e. The SMILES string of the molecule is N#Cc1cc(C(=O)CCl)c(C=O)cc1I. The first-order valence-corrected chi connectivity index (χ1v) is 5.53. The van der Waals surface area contributed by atoms with E-state index in [1.807, 2.05) is 28.7 Å². The van der Waals surface area contributed by atoms with Gasteiger partial charge in [-0.1, -0.05) is 0 Å². The maximum atomic E-state index is 11.4. The minimum absolute atomic E-state index is 0.202. The lowest BCUT2D eigenvalue weighted by molar-refractivity contribution is 0.101. The zero-order valence-corrected chi connectivity index (χ0v) is 10.4. The van der Waals surface area contributed by atoms with E-state index < -0.39 is 0 Å². The normalized spacial score (nSPS) is 9.40. The highest BCUT2D eigenvalue weighted by Crippen LogP contribution is 2.18. The summed E-state index contributed by atoms with van der Waals surface area (Å²) in [5, 5.41) is 8.77. The molecule has 0 heterocycles. The van der Waals surface area contributed by atoms with Crippen LogP contribution in [0, 0.1) is 14.9 Å². The molecule has 0 aliphatic heterocycles. The van der Waals surface area contributed by atoms with Crippen LogP contribution in [0.1, 0.15) is 26.3 Å². The molecule has 1 rings (SSSR count). The minimum atomic E-state index is -0.355. The quantitative estimate of drug-likeness (QED) is 0.369. The highest BCUT2D eigenvalue weighted by molar-refractivity contribution is 14.1. The van der Waals surface area contributed by atoms with Gasteiger partial charge in [0.2, 0.25) is 0 Å². The van der Waals surface area contributed by atoms with Gasteiger partial charge in [0.1, 0.15) is 6.07 Å². The Bertz CT molecular complexity index is 465. The molecule has 3 nitrogen and oxygen atoms in total. The van der Waals surface area contributed by atoms with E-state index in [0.717, 1.165) is 0 Å². The first-order valence-electron chi connectivity index (χ1n) is 3.92. The van der Waals surface area contributed by atoms with E-state index in [-0.39, 0.29) is 22.8 Å². The molecule has 5 heteroatoms. The number of Topliss-reactive ketones (excluding diaryl/α,β-unsaturated/α-hetero) is 1. The highest BCUT2D eigenvalue weighted by Gasteiger charge is 2.13. The summed E-state index contributed by atoms with van der Waals surface area (Å²) in [7, 11) is 0. The van der Waals surface area contributed by atoms with E-state index in [9.17, 15) is 9.59 Å². The number of hydrogen-bond donors (Lipinski definition) is 0. The Morgan fingerprint density at radius 2 is 2.27 bits per heavy atom. The van der Waals surface area contributed by atoms with Crippen molar-refractivity contribution in [2.45, 2.75) is 0 Å². The van der Waals surface area contributed by atoms with Gasteiger partial charge in [-0.15, -0.1) is 11.6 Å². The van der Waals surface area contributed by atoms with Crippen LogP contribution in [0.3, 0.4) is 0 Å². The van der Waals surface area contributed by atoms with Crippen molar-refractivity contribution < 1.29 is 9.59 Å². The van der Waals surface area contributed by atoms with Crippen molar-refractivity contribution in [3.05, 3.63) is 32.4 Å². The van der Waals surface area contributed by atoms with E-state index in [2.05, 4.69) is 0 Å². The third-order valence-corrected chi connectivity index (χ3v) is 2.94. The van der Waals surface area contributed by atoms with Crippen LogP contribution in [0.25, 0.3) is 0 Å². The lowest BCUT2D eigenvalue weighted by atomic mass is 10.0. The van der Waals surface area contributed by atoms with Gasteiger partial charge in [-0.2, -0.15) is 5.26 Å². The van der Waals surface area contributed by atoms with E-state index in [1.54, 1.807) is 0 Å². The van der Waals surface area contributed by atoms with Gasteiger partial charge in [-0.3, -0.25) is 9.59 Å². The van der Waals surface area contributed by atoms with Gasteiger partial charge < -0.3 is 0 Å². The molecule has 0 aliphatic rings. The van der Waals surface area contributed by atoms with Crippen molar-refractivity contribution in [1.29, 1.82) is 5.26 Å². The van der Waals surface area contributed by atoms with E-state index in [1.165, 1.54) is 12.1 Å². The monoisotopic (exact) mass is 333 g/mol. The van der Waals surface area contributed by atoms with Crippen LogP contribution >= 0.6 is 34.2 Å². The van der Waals surface area contributed by atoms with Gasteiger partial charge in [-0.25, -0.2) is 0 Å². The number of carbonyl (C=O) groups excluding carboxylic acids is 2. The highest BCUT2D eigenvalue weighted by atomic mass is 127. The average Bonchev–Trinajstić information content (AvgIpc) is 2.27. The van der Waals surface area contributed by atoms with Gasteiger partial charge in [0.15, 0.2) is 12.1 Å². The molecule has 1 aromatic rings. The minimum Gasteiger partial charge on any atom is -0.298 e. The van der Waals surface area contributed by atoms with Gasteiger partial charge in [-0.05, 0) is 34.7 Å². The van der Waals surface area contributed by atoms with Crippen molar-refractivity contribution in [1.82, 2.24) is 0 Å². The molecule has 0 spiro atoms. The second kappa shape index (κ2) is 5.24. The van der Waals surface area contributed by atoms with Crippen LogP contribution in [-0.4, -0.2) is 17.9 Å². The fourth-order valence-electron chi connectivity index (χ4n) is 1.09. The topological polar surface area (TPSA) is 57.9 Å². The Morgan fingerprint density at radius 3 is 2.73 bits per heavy atom. The summed E-state index contributed by atoms with van der Waals surface area (Å²) in [6.07, 6.45) is 0.586. The van der Waals surface area contributed by atoms with Crippen molar-refractivity contribution in [2.24, 2.45) is 0 Å². The zero-order chi connectivity index (χ0) is 11.4. The summed E-state index contributed by atoms with van der Waals surface area (Å²) >= 11 is 7.34. The van der Waals surface area contributed by atoms with Crippen LogP contribution < -0.4 is 0 Å². The Hall–Kier alpha value is -0.930. The molecule has 0 radical (unpaired) electrons. The molecule has 0 bridgehead atoms. The molecule has 0 aromatic heterocycles. The van der Waals surface area contributed by atoms with E-state index >= 15 is 0 Å². The van der Waals surface area contributed by atoms with Gasteiger partial charge in [0, 0.05) is 14.7 Å². The number of carbonyl (C=O) groups is 2. The number of nitriles is 1. The standard InChI is InChI=1S/C10H5ClINO2/c11-3-10(15)8-1-6(4-13)9(12)2-7(8)5-14/h1-2,5H,3H2. The predicted octanol–water partition coefficient (Wildman–Crippen LogP) is 2.40. The van der Waals surface area contributed by atoms with Crippen molar-refractivity contribution in [3.63, 3.8) is 0 Å². The fourth-order valence-corrected chi connectivity index (χ4v) is 1.84. The summed E-state index contributed by atoms with van der Waals surface area (Å²) in [5.41, 5.74) is 0.843. The third-order valence-electron chi connectivity index (χ3n) is 1.81. The van der Waals surface area contributed by atoms with Crippen LogP contribution in [0.15, 0.2) is 12.1 Å². The number of alkyl halides is 1. The molecule has 1 aromatic carbocycles. The summed E-state index contributed by atoms with van der Waals surface area (Å²) < 4.78 is 0.642. The zero-order valence-electron chi connectivity index (χ0n) is 7.46. The van der Waals surface area contributed by atoms with Gasteiger partial charge >= 0.3 is 0 Å². The van der Waals surface area contributed by atoms with Gasteiger partial charge in [0.25, 0.3) is 0 Å². The molecular weight excluding hydrogens is 328 g/mol. The summed E-state index contributed by atoms with van der Waals surface area (Å²) in [5.74, 6) is -0.557. The summed E-state index contributed by atoms with van der Waals surface area (Å²) in [4.78, 5) is 22.1. The largest absolute Gasteiger partial charge is 0.298 e. The number of benzene rings is 1. The van der Waals surface area contributed by atoms with E-state index in [4.69, 9.17) is 16.9 Å². The number of rotatable bonds is 3. The second-order valence-electron chi connectivity index (χ2n) is 2.71. The van der Waals surface area contributed by atoms with E-state index in [0.29, 0.717) is 15.4 Å². The third kappa shape index (κ3) is 2.55. The Morgan fingerprint density at radius 1 is 1.60 bits per heavy atom. The van der Waals surface area contributed by atoms with Crippen LogP contribution in [0.5, 0.6) is 0 Å². The number of ketones is 1. The number of aldehydes is 1. The lowest BCUT2D eigenvalue weighted by Crippen LogP contribution is -2.06. The number of halogens is 2. The summed E-state index contributed by atoms with van der Waals surface area (Å²) in [6.45, 7) is 0. The molecule has 0 atom stereocenters. The molecule has 15 heavy (non-hydrogen) atoms. The Labute approximate surface area is 105 Å². The van der Waals surface area contributed by atoms with Crippen molar-refractivity contribution in [2.75, 3.05) is 5.88 Å². The molecular formula is C10H5ClINO2. The van der Waals surface area contributed by atoms with Gasteiger partial charge in [0.05, 0.1) is 11.4 Å². The molecule has 0 fully saturated rings. The van der Waals surface area contributed by atoms with Crippen LogP contribution in [0.4, 0.5) is 0 Å². The first-order chi connectivity index (χ1) is 7.13. The molecule has 0 N–H and O–H groups in total. The Balaban J connectivity index is 3.43. The van der Waals surface area contributed by atoms with Crippen LogP contribution in [0.2, 0.25) is 0 Å². The summed E-state index contributed by atoms with van der Waals surface area (Å²) in [6, 6.07) is 4.85.